The van der Waals surface area contributed by atoms with E-state index in [0.29, 0.717) is 0 Å². The van der Waals surface area contributed by atoms with Gasteiger partial charge >= 0.3 is 0 Å². The van der Waals surface area contributed by atoms with Crippen molar-refractivity contribution in [3.8, 4) is 22.8 Å². The molecule has 0 aliphatic rings. The van der Waals surface area contributed by atoms with Crippen molar-refractivity contribution in [2.24, 2.45) is 0 Å². The predicted molar refractivity (Wildman–Crippen MR) is 156 cm³/mol. The minimum Gasteiger partial charge on any atom is -0.317 e. The Balaban J connectivity index is 1.36. The molecule has 8 rings (SSSR count). The highest BCUT2D eigenvalue weighted by Crippen LogP contribution is 2.38. The topological polar surface area (TPSA) is 35.6 Å². The van der Waals surface area contributed by atoms with Crippen LogP contribution in [0.3, 0.4) is 0 Å². The molecule has 0 atom stereocenters. The van der Waals surface area contributed by atoms with Gasteiger partial charge in [0.25, 0.3) is 0 Å². The van der Waals surface area contributed by atoms with Crippen molar-refractivity contribution < 1.29 is 0 Å². The molecule has 178 valence electrons. The van der Waals surface area contributed by atoms with Crippen molar-refractivity contribution in [2.75, 3.05) is 0 Å². The Hall–Kier alpha value is -5.22. The number of rotatable bonds is 3. The largest absolute Gasteiger partial charge is 0.317 e. The van der Waals surface area contributed by atoms with E-state index in [2.05, 4.69) is 117 Å². The summed E-state index contributed by atoms with van der Waals surface area (Å²) in [6.45, 7) is 0. The number of fused-ring (bicyclic) bond motifs is 6. The Morgan fingerprint density at radius 2 is 1.32 bits per heavy atom. The maximum atomic E-state index is 4.84. The minimum absolute atomic E-state index is 0.730. The quantitative estimate of drug-likeness (QED) is 0.252. The lowest BCUT2D eigenvalue weighted by Gasteiger charge is -2.10. The van der Waals surface area contributed by atoms with E-state index in [0.717, 1.165) is 33.7 Å². The molecule has 0 aliphatic heterocycles. The van der Waals surface area contributed by atoms with Gasteiger partial charge in [-0.3, -0.25) is 0 Å². The van der Waals surface area contributed by atoms with Crippen LogP contribution in [0.1, 0.15) is 0 Å². The molecule has 0 aliphatic carbocycles. The van der Waals surface area contributed by atoms with Gasteiger partial charge in [0.1, 0.15) is 0 Å². The van der Waals surface area contributed by atoms with Crippen molar-refractivity contribution in [2.45, 2.75) is 0 Å². The molecule has 4 nitrogen and oxygen atoms in total. The monoisotopic (exact) mass is 486 g/mol. The van der Waals surface area contributed by atoms with Gasteiger partial charge in [-0.25, -0.2) is 9.97 Å². The van der Waals surface area contributed by atoms with Crippen LogP contribution in [0.4, 0.5) is 0 Å². The first-order valence-electron chi connectivity index (χ1n) is 12.8. The number of hydrogen-bond donors (Lipinski definition) is 0. The highest BCUT2D eigenvalue weighted by Gasteiger charge is 2.17. The van der Waals surface area contributed by atoms with Crippen LogP contribution in [0.25, 0.3) is 66.4 Å². The van der Waals surface area contributed by atoms with Gasteiger partial charge in [0.2, 0.25) is 0 Å². The third kappa shape index (κ3) is 3.10. The lowest BCUT2D eigenvalue weighted by Crippen LogP contribution is -1.96. The summed E-state index contributed by atoms with van der Waals surface area (Å²) in [5, 5.41) is 4.79. The standard InChI is InChI=1S/C34H22N4/c1-2-11-25(12-3-1)37-20-19-28-30(37)17-18-32-33(28)27-14-5-7-16-31(27)38(32)26-13-8-10-23(21-26)34-35-22-24-9-4-6-15-29(24)36-34/h1-22H. The summed E-state index contributed by atoms with van der Waals surface area (Å²) in [6.07, 6.45) is 4.07. The Labute approximate surface area is 219 Å². The van der Waals surface area contributed by atoms with Gasteiger partial charge in [0.15, 0.2) is 5.82 Å². The van der Waals surface area contributed by atoms with Gasteiger partial charge in [0.05, 0.1) is 22.1 Å². The fraction of sp³-hybridized carbons (Fsp3) is 0. The molecule has 0 saturated carbocycles. The molecule has 0 saturated heterocycles. The molecule has 0 fully saturated rings. The highest BCUT2D eigenvalue weighted by molar-refractivity contribution is 6.21. The van der Waals surface area contributed by atoms with Crippen molar-refractivity contribution in [3.63, 3.8) is 0 Å². The van der Waals surface area contributed by atoms with Gasteiger partial charge in [-0.2, -0.15) is 0 Å². The summed E-state index contributed by atoms with van der Waals surface area (Å²) in [5.74, 6) is 0.730. The third-order valence-electron chi connectivity index (χ3n) is 7.39. The Bertz CT molecular complexity index is 2130. The molecule has 0 N–H and O–H groups in total. The van der Waals surface area contributed by atoms with E-state index in [1.807, 2.05) is 30.5 Å². The fourth-order valence-corrected chi connectivity index (χ4v) is 5.67. The number of hydrogen-bond acceptors (Lipinski definition) is 2. The first-order chi connectivity index (χ1) is 18.8. The molecule has 0 spiro atoms. The first-order valence-corrected chi connectivity index (χ1v) is 12.8. The average molecular weight is 487 g/mol. The lowest BCUT2D eigenvalue weighted by molar-refractivity contribution is 1.13. The molecule has 8 aromatic rings. The minimum atomic E-state index is 0.730. The van der Waals surface area contributed by atoms with Gasteiger partial charge in [-0.15, -0.1) is 0 Å². The van der Waals surface area contributed by atoms with E-state index in [9.17, 15) is 0 Å². The maximum absolute atomic E-state index is 4.84. The van der Waals surface area contributed by atoms with Crippen molar-refractivity contribution in [1.29, 1.82) is 0 Å². The Kier molecular flexibility index (Phi) is 4.49. The fourth-order valence-electron chi connectivity index (χ4n) is 5.67. The van der Waals surface area contributed by atoms with Crippen LogP contribution in [0.2, 0.25) is 0 Å². The zero-order chi connectivity index (χ0) is 25.1. The summed E-state index contributed by atoms with van der Waals surface area (Å²) >= 11 is 0. The Morgan fingerprint density at radius 1 is 0.553 bits per heavy atom. The Morgan fingerprint density at radius 3 is 2.26 bits per heavy atom. The molecule has 4 heteroatoms. The van der Waals surface area contributed by atoms with Crippen LogP contribution < -0.4 is 0 Å². The van der Waals surface area contributed by atoms with E-state index < -0.39 is 0 Å². The number of benzene rings is 5. The van der Waals surface area contributed by atoms with Gasteiger partial charge in [-0.1, -0.05) is 66.7 Å². The molecule has 0 amide bonds. The second-order valence-corrected chi connectivity index (χ2v) is 9.57. The maximum Gasteiger partial charge on any atom is 0.159 e. The van der Waals surface area contributed by atoms with Crippen molar-refractivity contribution in [3.05, 3.63) is 134 Å². The molecule has 0 unspecified atom stereocenters. The summed E-state index contributed by atoms with van der Waals surface area (Å²) in [7, 11) is 0. The van der Waals surface area contributed by atoms with Gasteiger partial charge in [0, 0.05) is 50.9 Å². The van der Waals surface area contributed by atoms with E-state index in [-0.39, 0.29) is 0 Å². The summed E-state index contributed by atoms with van der Waals surface area (Å²) < 4.78 is 4.62. The van der Waals surface area contributed by atoms with Crippen LogP contribution in [-0.2, 0) is 0 Å². The SMILES string of the molecule is c1ccc(-n2ccc3c4c5ccccc5n(-c5cccc(-c6ncc7ccccc7n6)c5)c4ccc32)cc1. The summed E-state index contributed by atoms with van der Waals surface area (Å²) in [6, 6.07) is 42.5. The van der Waals surface area contributed by atoms with Gasteiger partial charge < -0.3 is 9.13 Å². The molecule has 0 bridgehead atoms. The van der Waals surface area contributed by atoms with Crippen LogP contribution in [0, 0.1) is 0 Å². The molecule has 0 radical (unpaired) electrons. The van der Waals surface area contributed by atoms with Gasteiger partial charge in [-0.05, 0) is 54.6 Å². The average Bonchev–Trinajstić information content (AvgIpc) is 3.57. The third-order valence-corrected chi connectivity index (χ3v) is 7.39. The van der Waals surface area contributed by atoms with Crippen molar-refractivity contribution >= 4 is 43.6 Å². The zero-order valence-corrected chi connectivity index (χ0v) is 20.5. The summed E-state index contributed by atoms with van der Waals surface area (Å²) in [4.78, 5) is 9.52. The second kappa shape index (κ2) is 8.15. The number of nitrogens with zero attached hydrogens (tertiary/aromatic N) is 4. The molecular weight excluding hydrogens is 464 g/mol. The van der Waals surface area contributed by atoms with Crippen LogP contribution in [0.5, 0.6) is 0 Å². The number of aromatic nitrogens is 4. The van der Waals surface area contributed by atoms with E-state index >= 15 is 0 Å². The van der Waals surface area contributed by atoms with E-state index in [4.69, 9.17) is 4.98 Å². The lowest BCUT2D eigenvalue weighted by atomic mass is 10.1. The second-order valence-electron chi connectivity index (χ2n) is 9.57. The highest BCUT2D eigenvalue weighted by atomic mass is 15.0. The molecular formula is C34H22N4. The molecule has 5 aromatic carbocycles. The normalized spacial score (nSPS) is 11.7. The van der Waals surface area contributed by atoms with Crippen molar-refractivity contribution in [1.82, 2.24) is 19.1 Å². The van der Waals surface area contributed by atoms with Crippen LogP contribution >= 0.6 is 0 Å². The molecule has 38 heavy (non-hydrogen) atoms. The van der Waals surface area contributed by atoms with E-state index in [1.165, 1.54) is 32.7 Å². The first kappa shape index (κ1) is 20.9. The van der Waals surface area contributed by atoms with Crippen LogP contribution in [-0.4, -0.2) is 19.1 Å². The predicted octanol–water partition coefficient (Wildman–Crippen LogP) is 8.34. The molecule has 3 heterocycles. The van der Waals surface area contributed by atoms with Crippen LogP contribution in [0.15, 0.2) is 134 Å². The smallest absolute Gasteiger partial charge is 0.159 e. The van der Waals surface area contributed by atoms with E-state index in [1.54, 1.807) is 0 Å². The zero-order valence-electron chi connectivity index (χ0n) is 20.5. The summed E-state index contributed by atoms with van der Waals surface area (Å²) in [5.41, 5.74) is 7.76. The number of para-hydroxylation sites is 3. The molecule has 3 aromatic heterocycles.